The fraction of sp³-hybridized carbons (Fsp3) is 0.438. The summed E-state index contributed by atoms with van der Waals surface area (Å²) < 4.78 is 23.6. The number of hydrogen-bond acceptors (Lipinski definition) is 3. The molecule has 3 rings (SSSR count). The van der Waals surface area contributed by atoms with Gasteiger partial charge in [0.15, 0.2) is 9.84 Å². The Hall–Kier alpha value is -2.02. The molecule has 1 unspecified atom stereocenters. The first-order valence-electron chi connectivity index (χ1n) is 7.68. The highest BCUT2D eigenvalue weighted by Gasteiger charge is 2.26. The van der Waals surface area contributed by atoms with Crippen LogP contribution in [0.15, 0.2) is 24.3 Å². The minimum atomic E-state index is -3.06. The summed E-state index contributed by atoms with van der Waals surface area (Å²) in [6.45, 7) is 4.54. The Labute approximate surface area is 135 Å². The maximum Gasteiger partial charge on any atom is 0.321 e. The van der Waals surface area contributed by atoms with Gasteiger partial charge in [-0.2, -0.15) is 0 Å². The fourth-order valence-corrected chi connectivity index (χ4v) is 4.67. The topological polar surface area (TPSA) is 82.3 Å². The molecular formula is C16H21N3O3S. The van der Waals surface area contributed by atoms with Crippen molar-refractivity contribution in [2.24, 2.45) is 5.92 Å². The number of amides is 2. The first-order chi connectivity index (χ1) is 10.8. The Bertz CT molecular complexity index is 841. The molecule has 1 saturated heterocycles. The average molecular weight is 335 g/mol. The molecule has 6 nitrogen and oxygen atoms in total. The highest BCUT2D eigenvalue weighted by atomic mass is 32.2. The zero-order chi connectivity index (χ0) is 16.6. The Morgan fingerprint density at radius 3 is 2.91 bits per heavy atom. The largest absolute Gasteiger partial charge is 0.359 e. The van der Waals surface area contributed by atoms with E-state index in [1.54, 1.807) is 4.90 Å². The van der Waals surface area contributed by atoms with Gasteiger partial charge in [-0.1, -0.05) is 6.92 Å². The number of urea groups is 1. The van der Waals surface area contributed by atoms with Gasteiger partial charge < -0.3 is 15.2 Å². The molecule has 1 aromatic carbocycles. The average Bonchev–Trinajstić information content (AvgIpc) is 2.74. The number of H-pyrrole nitrogens is 1. The molecule has 2 amide bonds. The predicted octanol–water partition coefficient (Wildman–Crippen LogP) is 2.37. The molecule has 0 spiro atoms. The van der Waals surface area contributed by atoms with Gasteiger partial charge in [-0.15, -0.1) is 0 Å². The van der Waals surface area contributed by atoms with E-state index in [1.165, 1.54) is 0 Å². The first-order valence-corrected chi connectivity index (χ1v) is 9.50. The van der Waals surface area contributed by atoms with E-state index < -0.39 is 9.84 Å². The Morgan fingerprint density at radius 2 is 2.13 bits per heavy atom. The Kier molecular flexibility index (Phi) is 4.06. The molecule has 2 aromatic rings. The van der Waals surface area contributed by atoms with E-state index in [2.05, 4.69) is 10.3 Å². The molecule has 124 valence electrons. The zero-order valence-corrected chi connectivity index (χ0v) is 14.1. The lowest BCUT2D eigenvalue weighted by Crippen LogP contribution is -2.38. The number of fused-ring (bicyclic) bond motifs is 1. The van der Waals surface area contributed by atoms with Crippen LogP contribution < -0.4 is 5.32 Å². The molecule has 1 atom stereocenters. The van der Waals surface area contributed by atoms with Crippen LogP contribution in [-0.4, -0.2) is 48.9 Å². The number of nitrogens with zero attached hydrogens (tertiary/aromatic N) is 1. The molecule has 0 radical (unpaired) electrons. The number of aryl methyl sites for hydroxylation is 1. The van der Waals surface area contributed by atoms with Crippen molar-refractivity contribution in [3.63, 3.8) is 0 Å². The minimum Gasteiger partial charge on any atom is -0.359 e. The fourth-order valence-electron chi connectivity index (χ4n) is 3.03. The van der Waals surface area contributed by atoms with Crippen molar-refractivity contribution in [1.29, 1.82) is 0 Å². The van der Waals surface area contributed by atoms with Crippen LogP contribution in [0.1, 0.15) is 12.6 Å². The van der Waals surface area contributed by atoms with Crippen LogP contribution in [0.2, 0.25) is 0 Å². The molecule has 7 heteroatoms. The first kappa shape index (κ1) is 15.9. The molecule has 1 aliphatic heterocycles. The standard InChI is InChI=1S/C16H21N3O3S/c1-11-9-19(5-6-23(21,22)10-11)16(20)18-14-3-4-15-13(8-14)7-12(2)17-15/h3-4,7-8,11,17H,5-6,9-10H2,1-2H3,(H,18,20). The number of carbonyl (C=O) groups is 1. The molecular weight excluding hydrogens is 314 g/mol. The highest BCUT2D eigenvalue weighted by molar-refractivity contribution is 7.91. The van der Waals surface area contributed by atoms with Crippen molar-refractivity contribution >= 4 is 32.5 Å². The smallest absolute Gasteiger partial charge is 0.321 e. The second-order valence-corrected chi connectivity index (χ2v) is 8.58. The van der Waals surface area contributed by atoms with Crippen LogP contribution in [0.5, 0.6) is 0 Å². The van der Waals surface area contributed by atoms with Gasteiger partial charge in [-0.05, 0) is 37.1 Å². The molecule has 23 heavy (non-hydrogen) atoms. The molecule has 0 bridgehead atoms. The number of sulfone groups is 1. The summed E-state index contributed by atoms with van der Waals surface area (Å²) in [7, 11) is -3.06. The minimum absolute atomic E-state index is 0.0286. The number of benzene rings is 1. The molecule has 0 saturated carbocycles. The van der Waals surface area contributed by atoms with Gasteiger partial charge in [-0.3, -0.25) is 0 Å². The van der Waals surface area contributed by atoms with Crippen molar-refractivity contribution in [2.45, 2.75) is 13.8 Å². The highest BCUT2D eigenvalue weighted by Crippen LogP contribution is 2.20. The quantitative estimate of drug-likeness (QED) is 0.839. The normalized spacial score (nSPS) is 21.1. The van der Waals surface area contributed by atoms with Crippen LogP contribution in [0, 0.1) is 12.8 Å². The van der Waals surface area contributed by atoms with Crippen LogP contribution in [-0.2, 0) is 9.84 Å². The lowest BCUT2D eigenvalue weighted by molar-refractivity contribution is 0.210. The van der Waals surface area contributed by atoms with Crippen molar-refractivity contribution in [3.8, 4) is 0 Å². The van der Waals surface area contributed by atoms with Crippen molar-refractivity contribution in [1.82, 2.24) is 9.88 Å². The van der Waals surface area contributed by atoms with Gasteiger partial charge in [0.25, 0.3) is 0 Å². The summed E-state index contributed by atoms with van der Waals surface area (Å²) in [5.74, 6) is 0.120. The number of hydrogen-bond donors (Lipinski definition) is 2. The molecule has 1 aromatic heterocycles. The van der Waals surface area contributed by atoms with Gasteiger partial charge >= 0.3 is 6.03 Å². The number of nitrogens with one attached hydrogen (secondary N) is 2. The van der Waals surface area contributed by atoms with Crippen LogP contribution in [0.4, 0.5) is 10.5 Å². The molecule has 2 heterocycles. The van der Waals surface area contributed by atoms with Crippen LogP contribution >= 0.6 is 0 Å². The van der Waals surface area contributed by atoms with Crippen LogP contribution in [0.25, 0.3) is 10.9 Å². The van der Waals surface area contributed by atoms with Gasteiger partial charge in [0.1, 0.15) is 0 Å². The SMILES string of the molecule is Cc1cc2cc(NC(=O)N3CCS(=O)(=O)CC(C)C3)ccc2[nH]1. The summed E-state index contributed by atoms with van der Waals surface area (Å²) in [6.07, 6.45) is 0. The summed E-state index contributed by atoms with van der Waals surface area (Å²) in [4.78, 5) is 17.3. The van der Waals surface area contributed by atoms with Crippen molar-refractivity contribution < 1.29 is 13.2 Å². The maximum atomic E-state index is 12.4. The van der Waals surface area contributed by atoms with Gasteiger partial charge in [0, 0.05) is 35.4 Å². The third kappa shape index (κ3) is 3.67. The van der Waals surface area contributed by atoms with E-state index in [0.717, 1.165) is 16.6 Å². The lowest BCUT2D eigenvalue weighted by atomic mass is 10.2. The third-order valence-corrected chi connectivity index (χ3v) is 5.92. The Balaban J connectivity index is 1.74. The van der Waals surface area contributed by atoms with Crippen LogP contribution in [0.3, 0.4) is 0 Å². The summed E-state index contributed by atoms with van der Waals surface area (Å²) in [5, 5.41) is 3.90. The number of aromatic nitrogens is 1. The molecule has 1 aliphatic rings. The summed E-state index contributed by atoms with van der Waals surface area (Å²) in [5.41, 5.74) is 2.80. The third-order valence-electron chi connectivity index (χ3n) is 4.04. The second-order valence-electron chi connectivity index (χ2n) is 6.35. The number of aromatic amines is 1. The van der Waals surface area contributed by atoms with E-state index in [4.69, 9.17) is 0 Å². The Morgan fingerprint density at radius 1 is 1.35 bits per heavy atom. The summed E-state index contributed by atoms with van der Waals surface area (Å²) in [6, 6.07) is 7.45. The van der Waals surface area contributed by atoms with Gasteiger partial charge in [0.05, 0.1) is 11.5 Å². The van der Waals surface area contributed by atoms with E-state index in [-0.39, 0.29) is 30.0 Å². The van der Waals surface area contributed by atoms with Crippen molar-refractivity contribution in [3.05, 3.63) is 30.0 Å². The predicted molar refractivity (Wildman–Crippen MR) is 91.4 cm³/mol. The molecule has 1 fully saturated rings. The van der Waals surface area contributed by atoms with E-state index in [0.29, 0.717) is 12.2 Å². The van der Waals surface area contributed by atoms with E-state index in [1.807, 2.05) is 38.1 Å². The molecule has 0 aliphatic carbocycles. The lowest BCUT2D eigenvalue weighted by Gasteiger charge is -2.22. The zero-order valence-electron chi connectivity index (χ0n) is 13.3. The molecule has 2 N–H and O–H groups in total. The monoisotopic (exact) mass is 335 g/mol. The summed E-state index contributed by atoms with van der Waals surface area (Å²) >= 11 is 0. The second kappa shape index (κ2) is 5.88. The van der Waals surface area contributed by atoms with Crippen molar-refractivity contribution in [2.75, 3.05) is 29.9 Å². The maximum absolute atomic E-state index is 12.4. The number of rotatable bonds is 1. The number of anilines is 1. The van der Waals surface area contributed by atoms with Gasteiger partial charge in [-0.25, -0.2) is 13.2 Å². The van der Waals surface area contributed by atoms with E-state index in [9.17, 15) is 13.2 Å². The number of carbonyl (C=O) groups excluding carboxylic acids is 1. The van der Waals surface area contributed by atoms with Gasteiger partial charge in [0.2, 0.25) is 0 Å². The van der Waals surface area contributed by atoms with E-state index >= 15 is 0 Å².